The number of esters is 1. The van der Waals surface area contributed by atoms with Crippen LogP contribution in [0.4, 0.5) is 0 Å². The number of fused-ring (bicyclic) bond motifs is 2. The fraction of sp³-hybridized carbons (Fsp3) is 0.889. The van der Waals surface area contributed by atoms with Gasteiger partial charge < -0.3 is 9.84 Å². The number of carbonyl (C=O) groups is 1. The van der Waals surface area contributed by atoms with E-state index in [9.17, 15) is 9.90 Å². The Kier molecular flexibility index (Phi) is 1.83. The average molecular weight is 170 g/mol. The van der Waals surface area contributed by atoms with E-state index in [0.717, 1.165) is 19.3 Å². The third kappa shape index (κ3) is 1.22. The fourth-order valence-electron chi connectivity index (χ4n) is 2.55. The Hall–Kier alpha value is -0.570. The monoisotopic (exact) mass is 170 g/mol. The number of hydrogen-bond acceptors (Lipinski definition) is 3. The first-order valence-corrected chi connectivity index (χ1v) is 4.52. The molecule has 3 nitrogen and oxygen atoms in total. The standard InChI is InChI=1S/C9H14O3/c1-5(10)12-9-4-6-2-7(9)3-8(6)11/h6-9,11H,2-4H2,1H3/t6-,7-,8+,9-/m0/s1. The first-order valence-electron chi connectivity index (χ1n) is 4.52. The average Bonchev–Trinajstić information content (AvgIpc) is 2.44. The van der Waals surface area contributed by atoms with Crippen LogP contribution in [0.2, 0.25) is 0 Å². The second-order valence-electron chi connectivity index (χ2n) is 3.94. The number of rotatable bonds is 1. The van der Waals surface area contributed by atoms with Crippen LogP contribution in [0.5, 0.6) is 0 Å². The maximum Gasteiger partial charge on any atom is 0.302 e. The van der Waals surface area contributed by atoms with Crippen molar-refractivity contribution in [1.29, 1.82) is 0 Å². The van der Waals surface area contributed by atoms with Gasteiger partial charge in [-0.1, -0.05) is 0 Å². The third-order valence-electron chi connectivity index (χ3n) is 3.07. The molecule has 2 aliphatic carbocycles. The Labute approximate surface area is 71.7 Å². The van der Waals surface area contributed by atoms with Gasteiger partial charge in [0.05, 0.1) is 6.10 Å². The predicted molar refractivity (Wildman–Crippen MR) is 42.4 cm³/mol. The summed E-state index contributed by atoms with van der Waals surface area (Å²) in [5, 5.41) is 9.43. The maximum atomic E-state index is 10.7. The molecule has 0 spiro atoms. The van der Waals surface area contributed by atoms with E-state index in [1.54, 1.807) is 0 Å². The molecule has 0 aromatic heterocycles. The SMILES string of the molecule is CC(=O)O[C@H]1C[C@@H]2C[C@H]1C[C@H]2O. The van der Waals surface area contributed by atoms with Crippen molar-refractivity contribution in [3.63, 3.8) is 0 Å². The molecule has 3 heteroatoms. The number of hydrogen-bond donors (Lipinski definition) is 1. The van der Waals surface area contributed by atoms with Crippen molar-refractivity contribution < 1.29 is 14.6 Å². The van der Waals surface area contributed by atoms with Crippen LogP contribution in [0, 0.1) is 11.8 Å². The van der Waals surface area contributed by atoms with E-state index in [4.69, 9.17) is 4.74 Å². The van der Waals surface area contributed by atoms with Crippen LogP contribution in [0.15, 0.2) is 0 Å². The van der Waals surface area contributed by atoms with Crippen LogP contribution in [0.3, 0.4) is 0 Å². The summed E-state index contributed by atoms with van der Waals surface area (Å²) in [4.78, 5) is 10.7. The zero-order chi connectivity index (χ0) is 8.72. The normalized spacial score (nSPS) is 44.8. The topological polar surface area (TPSA) is 46.5 Å². The molecule has 0 aromatic carbocycles. The summed E-state index contributed by atoms with van der Waals surface area (Å²) in [6.45, 7) is 1.45. The lowest BCUT2D eigenvalue weighted by molar-refractivity contribution is -0.149. The minimum atomic E-state index is -0.193. The molecular weight excluding hydrogens is 156 g/mol. The van der Waals surface area contributed by atoms with Crippen LogP contribution in [0.1, 0.15) is 26.2 Å². The summed E-state index contributed by atoms with van der Waals surface area (Å²) in [6, 6.07) is 0. The smallest absolute Gasteiger partial charge is 0.302 e. The van der Waals surface area contributed by atoms with Gasteiger partial charge >= 0.3 is 5.97 Å². The second-order valence-corrected chi connectivity index (χ2v) is 3.94. The van der Waals surface area contributed by atoms with Gasteiger partial charge in [-0.25, -0.2) is 0 Å². The third-order valence-corrected chi connectivity index (χ3v) is 3.07. The van der Waals surface area contributed by atoms with Crippen molar-refractivity contribution in [3.05, 3.63) is 0 Å². The zero-order valence-corrected chi connectivity index (χ0v) is 7.19. The van der Waals surface area contributed by atoms with E-state index < -0.39 is 0 Å². The van der Waals surface area contributed by atoms with Crippen molar-refractivity contribution in [1.82, 2.24) is 0 Å². The van der Waals surface area contributed by atoms with E-state index in [1.807, 2.05) is 0 Å². The highest BCUT2D eigenvalue weighted by Crippen LogP contribution is 2.45. The molecular formula is C9H14O3. The molecule has 1 N–H and O–H groups in total. The fourth-order valence-corrected chi connectivity index (χ4v) is 2.55. The Morgan fingerprint density at radius 3 is 2.50 bits per heavy atom. The highest BCUT2D eigenvalue weighted by Gasteiger charge is 2.46. The molecule has 0 heterocycles. The van der Waals surface area contributed by atoms with Crippen molar-refractivity contribution in [2.75, 3.05) is 0 Å². The molecule has 2 aliphatic rings. The van der Waals surface area contributed by atoms with Crippen molar-refractivity contribution in [2.24, 2.45) is 11.8 Å². The van der Waals surface area contributed by atoms with Gasteiger partial charge in [-0.15, -0.1) is 0 Å². The first-order chi connectivity index (χ1) is 5.66. The molecule has 68 valence electrons. The highest BCUT2D eigenvalue weighted by atomic mass is 16.5. The highest BCUT2D eigenvalue weighted by molar-refractivity contribution is 5.66. The molecule has 0 aromatic rings. The summed E-state index contributed by atoms with van der Waals surface area (Å²) >= 11 is 0. The quantitative estimate of drug-likeness (QED) is 0.589. The molecule has 0 aliphatic heterocycles. The number of ether oxygens (including phenoxy) is 1. The van der Waals surface area contributed by atoms with Crippen LogP contribution in [0.25, 0.3) is 0 Å². The summed E-state index contributed by atoms with van der Waals surface area (Å²) in [7, 11) is 0. The van der Waals surface area contributed by atoms with Gasteiger partial charge in [0.15, 0.2) is 0 Å². The summed E-state index contributed by atoms with van der Waals surface area (Å²) in [5.41, 5.74) is 0. The summed E-state index contributed by atoms with van der Waals surface area (Å²) in [5.74, 6) is 0.621. The Balaban J connectivity index is 1.94. The van der Waals surface area contributed by atoms with Crippen LogP contribution < -0.4 is 0 Å². The van der Waals surface area contributed by atoms with Gasteiger partial charge in [0.2, 0.25) is 0 Å². The van der Waals surface area contributed by atoms with Crippen molar-refractivity contribution in [2.45, 2.75) is 38.4 Å². The van der Waals surface area contributed by atoms with E-state index in [2.05, 4.69) is 0 Å². The molecule has 2 fully saturated rings. The van der Waals surface area contributed by atoms with Gasteiger partial charge in [0.25, 0.3) is 0 Å². The lowest BCUT2D eigenvalue weighted by atomic mass is 9.95. The van der Waals surface area contributed by atoms with Crippen LogP contribution in [-0.4, -0.2) is 23.3 Å². The van der Waals surface area contributed by atoms with E-state index >= 15 is 0 Å². The predicted octanol–water partition coefficient (Wildman–Crippen LogP) is 0.709. The Bertz CT molecular complexity index is 200. The summed E-state index contributed by atoms with van der Waals surface area (Å²) in [6.07, 6.45) is 2.69. The Morgan fingerprint density at radius 1 is 1.33 bits per heavy atom. The van der Waals surface area contributed by atoms with Crippen molar-refractivity contribution >= 4 is 5.97 Å². The number of aliphatic hydroxyl groups is 1. The first kappa shape index (κ1) is 8.05. The Morgan fingerprint density at radius 2 is 2.08 bits per heavy atom. The van der Waals surface area contributed by atoms with Gasteiger partial charge in [-0.05, 0) is 31.1 Å². The van der Waals surface area contributed by atoms with Gasteiger partial charge in [-0.3, -0.25) is 4.79 Å². The van der Waals surface area contributed by atoms with E-state index in [0.29, 0.717) is 11.8 Å². The molecule has 2 bridgehead atoms. The lowest BCUT2D eigenvalue weighted by Crippen LogP contribution is -2.28. The molecule has 0 saturated heterocycles. The van der Waals surface area contributed by atoms with E-state index in [1.165, 1.54) is 6.92 Å². The maximum absolute atomic E-state index is 10.7. The van der Waals surface area contributed by atoms with Gasteiger partial charge in [0.1, 0.15) is 6.10 Å². The lowest BCUT2D eigenvalue weighted by Gasteiger charge is -2.24. The van der Waals surface area contributed by atoms with Crippen molar-refractivity contribution in [3.8, 4) is 0 Å². The van der Waals surface area contributed by atoms with E-state index in [-0.39, 0.29) is 18.2 Å². The molecule has 2 rings (SSSR count). The molecule has 0 unspecified atom stereocenters. The second kappa shape index (κ2) is 2.73. The minimum Gasteiger partial charge on any atom is -0.462 e. The van der Waals surface area contributed by atoms with Gasteiger partial charge in [0, 0.05) is 6.92 Å². The largest absolute Gasteiger partial charge is 0.462 e. The molecule has 0 amide bonds. The molecule has 4 atom stereocenters. The molecule has 2 saturated carbocycles. The van der Waals surface area contributed by atoms with Crippen LogP contribution >= 0.6 is 0 Å². The van der Waals surface area contributed by atoms with Crippen LogP contribution in [-0.2, 0) is 9.53 Å². The zero-order valence-electron chi connectivity index (χ0n) is 7.19. The summed E-state index contributed by atoms with van der Waals surface area (Å²) < 4.78 is 5.14. The minimum absolute atomic E-state index is 0.0934. The number of carbonyl (C=O) groups excluding carboxylic acids is 1. The van der Waals surface area contributed by atoms with Gasteiger partial charge in [-0.2, -0.15) is 0 Å². The molecule has 0 radical (unpaired) electrons. The molecule has 12 heavy (non-hydrogen) atoms. The number of aliphatic hydroxyl groups excluding tert-OH is 1.